The van der Waals surface area contributed by atoms with Crippen molar-refractivity contribution in [2.24, 2.45) is 0 Å². The van der Waals surface area contributed by atoms with E-state index >= 15 is 0 Å². The molecule has 0 bridgehead atoms. The van der Waals surface area contributed by atoms with Gasteiger partial charge in [-0.15, -0.1) is 0 Å². The van der Waals surface area contributed by atoms with Gasteiger partial charge in [0.1, 0.15) is 0 Å². The van der Waals surface area contributed by atoms with Gasteiger partial charge in [0.05, 0.1) is 6.54 Å². The summed E-state index contributed by atoms with van der Waals surface area (Å²) < 4.78 is 5.25. The van der Waals surface area contributed by atoms with Crippen molar-refractivity contribution in [3.8, 4) is 11.4 Å². The molecule has 1 fully saturated rings. The summed E-state index contributed by atoms with van der Waals surface area (Å²) in [7, 11) is 0. The number of pyridine rings is 1. The molecule has 0 radical (unpaired) electrons. The minimum atomic E-state index is 0.618. The molecule has 5 nitrogen and oxygen atoms in total. The Kier molecular flexibility index (Phi) is 2.83. The van der Waals surface area contributed by atoms with Crippen LogP contribution in [-0.4, -0.2) is 33.1 Å². The second-order valence-corrected chi connectivity index (χ2v) is 4.24. The van der Waals surface area contributed by atoms with Crippen LogP contribution in [0.15, 0.2) is 29.0 Å². The van der Waals surface area contributed by atoms with E-state index in [0.717, 1.165) is 25.2 Å². The van der Waals surface area contributed by atoms with E-state index in [1.807, 2.05) is 12.1 Å². The Morgan fingerprint density at radius 2 is 2.18 bits per heavy atom. The maximum atomic E-state index is 5.25. The van der Waals surface area contributed by atoms with E-state index in [2.05, 4.69) is 20.0 Å². The van der Waals surface area contributed by atoms with Gasteiger partial charge in [0.15, 0.2) is 0 Å². The van der Waals surface area contributed by atoms with Crippen LogP contribution in [0.4, 0.5) is 0 Å². The van der Waals surface area contributed by atoms with E-state index in [1.165, 1.54) is 12.8 Å². The van der Waals surface area contributed by atoms with Gasteiger partial charge < -0.3 is 4.52 Å². The Hall–Kier alpha value is -1.75. The second kappa shape index (κ2) is 4.63. The monoisotopic (exact) mass is 230 g/mol. The quantitative estimate of drug-likeness (QED) is 0.803. The summed E-state index contributed by atoms with van der Waals surface area (Å²) in [5.41, 5.74) is 0.893. The van der Waals surface area contributed by atoms with Crippen LogP contribution < -0.4 is 0 Å². The summed E-state index contributed by atoms with van der Waals surface area (Å²) in [6, 6.07) is 3.79. The van der Waals surface area contributed by atoms with E-state index in [0.29, 0.717) is 11.7 Å². The lowest BCUT2D eigenvalue weighted by Crippen LogP contribution is -2.18. The minimum Gasteiger partial charge on any atom is -0.338 e. The third kappa shape index (κ3) is 2.34. The number of hydrogen-bond acceptors (Lipinski definition) is 5. The van der Waals surface area contributed by atoms with Crippen LogP contribution in [0.25, 0.3) is 11.4 Å². The van der Waals surface area contributed by atoms with E-state index in [1.54, 1.807) is 12.4 Å². The summed E-state index contributed by atoms with van der Waals surface area (Å²) >= 11 is 0. The number of likely N-dealkylation sites (tertiary alicyclic amines) is 1. The SMILES string of the molecule is c1cncc(-c2noc(CN3CCCC3)n2)c1. The first kappa shape index (κ1) is 10.4. The molecule has 3 rings (SSSR count). The first-order valence-electron chi connectivity index (χ1n) is 5.87. The van der Waals surface area contributed by atoms with Crippen molar-refractivity contribution in [1.82, 2.24) is 20.0 Å². The molecule has 0 amide bonds. The van der Waals surface area contributed by atoms with Gasteiger partial charge in [-0.3, -0.25) is 9.88 Å². The lowest BCUT2D eigenvalue weighted by Gasteiger charge is -2.09. The zero-order valence-corrected chi connectivity index (χ0v) is 9.54. The molecule has 1 aliphatic rings. The van der Waals surface area contributed by atoms with E-state index in [4.69, 9.17) is 4.52 Å². The summed E-state index contributed by atoms with van der Waals surface area (Å²) in [4.78, 5) is 10.8. The molecule has 2 aromatic heterocycles. The summed E-state index contributed by atoms with van der Waals surface area (Å²) in [5.74, 6) is 1.30. The molecule has 0 aromatic carbocycles. The highest BCUT2D eigenvalue weighted by atomic mass is 16.5. The van der Waals surface area contributed by atoms with Gasteiger partial charge in [0, 0.05) is 18.0 Å². The van der Waals surface area contributed by atoms with Crippen LogP contribution >= 0.6 is 0 Å². The zero-order chi connectivity index (χ0) is 11.5. The molecule has 1 aliphatic heterocycles. The highest BCUT2D eigenvalue weighted by Crippen LogP contribution is 2.16. The molecular formula is C12H14N4O. The van der Waals surface area contributed by atoms with Gasteiger partial charge >= 0.3 is 0 Å². The summed E-state index contributed by atoms with van der Waals surface area (Å²) in [6.07, 6.45) is 6.01. The van der Waals surface area contributed by atoms with Crippen LogP contribution in [0.2, 0.25) is 0 Å². The molecule has 88 valence electrons. The Bertz CT molecular complexity index is 476. The fourth-order valence-corrected chi connectivity index (χ4v) is 2.06. The number of rotatable bonds is 3. The van der Waals surface area contributed by atoms with Gasteiger partial charge in [0.2, 0.25) is 11.7 Å². The van der Waals surface area contributed by atoms with Crippen LogP contribution in [0.3, 0.4) is 0 Å². The standard InChI is InChI=1S/C12H14N4O/c1-2-7-16(6-1)9-11-14-12(15-17-11)10-4-3-5-13-8-10/h3-5,8H,1-2,6-7,9H2. The third-order valence-corrected chi connectivity index (χ3v) is 2.95. The topological polar surface area (TPSA) is 55.1 Å². The molecule has 0 atom stereocenters. The van der Waals surface area contributed by atoms with Crippen LogP contribution in [0.1, 0.15) is 18.7 Å². The van der Waals surface area contributed by atoms with Gasteiger partial charge in [-0.2, -0.15) is 4.98 Å². The smallest absolute Gasteiger partial charge is 0.241 e. The van der Waals surface area contributed by atoms with Crippen molar-refractivity contribution >= 4 is 0 Å². The van der Waals surface area contributed by atoms with E-state index in [9.17, 15) is 0 Å². The van der Waals surface area contributed by atoms with Crippen molar-refractivity contribution in [2.45, 2.75) is 19.4 Å². The van der Waals surface area contributed by atoms with E-state index in [-0.39, 0.29) is 0 Å². The maximum absolute atomic E-state index is 5.25. The molecule has 2 aromatic rings. The number of nitrogens with zero attached hydrogens (tertiary/aromatic N) is 4. The fourth-order valence-electron chi connectivity index (χ4n) is 2.06. The molecular weight excluding hydrogens is 216 g/mol. The largest absolute Gasteiger partial charge is 0.338 e. The molecule has 0 saturated carbocycles. The first-order chi connectivity index (χ1) is 8.42. The average Bonchev–Trinajstić information content (AvgIpc) is 3.02. The average molecular weight is 230 g/mol. The lowest BCUT2D eigenvalue weighted by molar-refractivity contribution is 0.268. The van der Waals surface area contributed by atoms with E-state index < -0.39 is 0 Å². The third-order valence-electron chi connectivity index (χ3n) is 2.95. The summed E-state index contributed by atoms with van der Waals surface area (Å²) in [5, 5.41) is 3.98. The molecule has 0 N–H and O–H groups in total. The first-order valence-corrected chi connectivity index (χ1v) is 5.87. The minimum absolute atomic E-state index is 0.618. The molecule has 5 heteroatoms. The molecule has 0 aliphatic carbocycles. The highest BCUT2D eigenvalue weighted by Gasteiger charge is 2.16. The van der Waals surface area contributed by atoms with Crippen molar-refractivity contribution in [2.75, 3.05) is 13.1 Å². The number of hydrogen-bond donors (Lipinski definition) is 0. The number of aromatic nitrogens is 3. The Morgan fingerprint density at radius 3 is 2.94 bits per heavy atom. The Labute approximate surface area is 99.5 Å². The fraction of sp³-hybridized carbons (Fsp3) is 0.417. The van der Waals surface area contributed by atoms with Crippen molar-refractivity contribution in [3.63, 3.8) is 0 Å². The normalized spacial score (nSPS) is 16.5. The molecule has 0 unspecified atom stereocenters. The van der Waals surface area contributed by atoms with Crippen molar-refractivity contribution in [1.29, 1.82) is 0 Å². The zero-order valence-electron chi connectivity index (χ0n) is 9.54. The van der Waals surface area contributed by atoms with Crippen molar-refractivity contribution < 1.29 is 4.52 Å². The maximum Gasteiger partial charge on any atom is 0.241 e. The van der Waals surface area contributed by atoms with Crippen molar-refractivity contribution in [3.05, 3.63) is 30.4 Å². The van der Waals surface area contributed by atoms with Crippen LogP contribution in [-0.2, 0) is 6.54 Å². The van der Waals surface area contributed by atoms with Gasteiger partial charge in [-0.25, -0.2) is 0 Å². The predicted molar refractivity (Wildman–Crippen MR) is 62.0 cm³/mol. The van der Waals surface area contributed by atoms with Crippen LogP contribution in [0, 0.1) is 0 Å². The highest BCUT2D eigenvalue weighted by molar-refractivity contribution is 5.51. The second-order valence-electron chi connectivity index (χ2n) is 4.24. The van der Waals surface area contributed by atoms with Gasteiger partial charge in [-0.1, -0.05) is 5.16 Å². The Balaban J connectivity index is 1.74. The molecule has 1 saturated heterocycles. The van der Waals surface area contributed by atoms with Gasteiger partial charge in [0.25, 0.3) is 0 Å². The Morgan fingerprint density at radius 1 is 1.29 bits per heavy atom. The van der Waals surface area contributed by atoms with Crippen LogP contribution in [0.5, 0.6) is 0 Å². The molecule has 17 heavy (non-hydrogen) atoms. The molecule has 3 heterocycles. The predicted octanol–water partition coefficient (Wildman–Crippen LogP) is 1.73. The summed E-state index contributed by atoms with van der Waals surface area (Å²) in [6.45, 7) is 3.02. The lowest BCUT2D eigenvalue weighted by atomic mass is 10.3. The van der Waals surface area contributed by atoms with Gasteiger partial charge in [-0.05, 0) is 38.1 Å². The molecule has 0 spiro atoms.